The lowest BCUT2D eigenvalue weighted by Crippen LogP contribution is -2.21. The summed E-state index contributed by atoms with van der Waals surface area (Å²) in [5, 5.41) is 9.30. The molecule has 20 heavy (non-hydrogen) atoms. The number of nitrogens with zero attached hydrogens (tertiary/aromatic N) is 2. The van der Waals surface area contributed by atoms with Gasteiger partial charge in [0.15, 0.2) is 10.9 Å². The number of aromatic nitrogens is 2. The highest BCUT2D eigenvalue weighted by Crippen LogP contribution is 2.34. The third-order valence-corrected chi connectivity index (χ3v) is 2.64. The van der Waals surface area contributed by atoms with Crippen molar-refractivity contribution in [2.75, 3.05) is 10.6 Å². The molecule has 0 unspecified atom stereocenters. The van der Waals surface area contributed by atoms with Crippen LogP contribution >= 0.6 is 12.2 Å². The van der Waals surface area contributed by atoms with Crippen LogP contribution in [-0.4, -0.2) is 14.9 Å². The van der Waals surface area contributed by atoms with Crippen LogP contribution in [0.5, 0.6) is 0 Å². The van der Waals surface area contributed by atoms with Crippen molar-refractivity contribution in [2.45, 2.75) is 6.18 Å². The van der Waals surface area contributed by atoms with Gasteiger partial charge in [0.05, 0.1) is 11.3 Å². The number of anilines is 2. The van der Waals surface area contributed by atoms with Crippen LogP contribution in [0.15, 0.2) is 36.5 Å². The lowest BCUT2D eigenvalue weighted by molar-refractivity contribution is -0.136. The maximum absolute atomic E-state index is 12.8. The number of rotatable bonds is 2. The van der Waals surface area contributed by atoms with E-state index in [-0.39, 0.29) is 10.8 Å². The number of benzene rings is 1. The normalized spacial score (nSPS) is 11.2. The van der Waals surface area contributed by atoms with Crippen LogP contribution in [0.25, 0.3) is 0 Å². The molecule has 0 saturated carbocycles. The Hall–Kier alpha value is -2.09. The van der Waals surface area contributed by atoms with Gasteiger partial charge in [-0.1, -0.05) is 12.1 Å². The van der Waals surface area contributed by atoms with Crippen molar-refractivity contribution in [3.8, 4) is 0 Å². The summed E-state index contributed by atoms with van der Waals surface area (Å²) in [6.07, 6.45) is -2.75. The average Bonchev–Trinajstić information content (AvgIpc) is 2.73. The van der Waals surface area contributed by atoms with Gasteiger partial charge in [0, 0.05) is 19.3 Å². The Kier molecular flexibility index (Phi) is 3.93. The first-order chi connectivity index (χ1) is 9.36. The Morgan fingerprint density at radius 2 is 1.90 bits per heavy atom. The molecule has 0 aliphatic rings. The molecule has 8 heteroatoms. The van der Waals surface area contributed by atoms with Crippen molar-refractivity contribution in [3.63, 3.8) is 0 Å². The van der Waals surface area contributed by atoms with Crippen LogP contribution in [0.3, 0.4) is 0 Å². The number of hydrogen-bond donors (Lipinski definition) is 2. The molecule has 0 aliphatic heterocycles. The Morgan fingerprint density at radius 1 is 1.20 bits per heavy atom. The van der Waals surface area contributed by atoms with Crippen molar-refractivity contribution in [3.05, 3.63) is 42.1 Å². The van der Waals surface area contributed by atoms with Gasteiger partial charge in [0.2, 0.25) is 0 Å². The predicted molar refractivity (Wildman–Crippen MR) is 74.5 cm³/mol. The van der Waals surface area contributed by atoms with E-state index in [9.17, 15) is 13.2 Å². The summed E-state index contributed by atoms with van der Waals surface area (Å²) in [4.78, 5) is 0. The van der Waals surface area contributed by atoms with Gasteiger partial charge < -0.3 is 10.6 Å². The van der Waals surface area contributed by atoms with E-state index in [4.69, 9.17) is 12.2 Å². The molecule has 0 saturated heterocycles. The fourth-order valence-electron chi connectivity index (χ4n) is 1.59. The molecule has 2 N–H and O–H groups in total. The zero-order chi connectivity index (χ0) is 14.8. The summed E-state index contributed by atoms with van der Waals surface area (Å²) in [7, 11) is 1.72. The maximum Gasteiger partial charge on any atom is 0.418 e. The molecular formula is C12H11F3N4S. The monoisotopic (exact) mass is 300 g/mol. The third kappa shape index (κ3) is 3.47. The van der Waals surface area contributed by atoms with E-state index in [1.807, 2.05) is 0 Å². The SMILES string of the molecule is Cn1ccc(NC(=S)Nc2ccccc2C(F)(F)F)n1. The number of halogens is 3. The van der Waals surface area contributed by atoms with E-state index in [0.29, 0.717) is 5.82 Å². The van der Waals surface area contributed by atoms with Gasteiger partial charge in [-0.05, 0) is 24.4 Å². The van der Waals surface area contributed by atoms with Gasteiger partial charge in [-0.2, -0.15) is 18.3 Å². The fraction of sp³-hybridized carbons (Fsp3) is 0.167. The van der Waals surface area contributed by atoms with Crippen LogP contribution in [0.1, 0.15) is 5.56 Å². The van der Waals surface area contributed by atoms with E-state index in [2.05, 4.69) is 15.7 Å². The summed E-state index contributed by atoms with van der Waals surface area (Å²) >= 11 is 4.97. The minimum absolute atomic E-state index is 0.0420. The smallest absolute Gasteiger partial charge is 0.332 e. The van der Waals surface area contributed by atoms with Crippen LogP contribution < -0.4 is 10.6 Å². The number of alkyl halides is 3. The van der Waals surface area contributed by atoms with Gasteiger partial charge in [0.1, 0.15) is 0 Å². The minimum atomic E-state index is -4.44. The van der Waals surface area contributed by atoms with E-state index in [0.717, 1.165) is 6.07 Å². The van der Waals surface area contributed by atoms with Gasteiger partial charge in [-0.3, -0.25) is 4.68 Å². The standard InChI is InChI=1S/C12H11F3N4S/c1-19-7-6-10(18-19)17-11(20)16-9-5-3-2-4-8(9)12(13,14)15/h2-7H,1H3,(H2,16,17,18,20). The summed E-state index contributed by atoms with van der Waals surface area (Å²) in [6, 6.07) is 6.79. The molecule has 0 atom stereocenters. The highest BCUT2D eigenvalue weighted by Gasteiger charge is 2.33. The topological polar surface area (TPSA) is 41.9 Å². The molecule has 0 fully saturated rings. The van der Waals surface area contributed by atoms with Crippen molar-refractivity contribution in [1.82, 2.24) is 9.78 Å². The van der Waals surface area contributed by atoms with Gasteiger partial charge in [-0.15, -0.1) is 0 Å². The third-order valence-electron chi connectivity index (χ3n) is 2.44. The Labute approximate surface area is 118 Å². The molecule has 1 aromatic heterocycles. The minimum Gasteiger partial charge on any atom is -0.332 e. The lowest BCUT2D eigenvalue weighted by Gasteiger charge is -2.14. The van der Waals surface area contributed by atoms with Gasteiger partial charge in [-0.25, -0.2) is 0 Å². The van der Waals surface area contributed by atoms with Crippen molar-refractivity contribution in [1.29, 1.82) is 0 Å². The second-order valence-electron chi connectivity index (χ2n) is 4.00. The first-order valence-electron chi connectivity index (χ1n) is 5.60. The second kappa shape index (κ2) is 5.49. The van der Waals surface area contributed by atoms with Gasteiger partial charge >= 0.3 is 6.18 Å². The molecule has 0 radical (unpaired) electrons. The number of nitrogens with one attached hydrogen (secondary N) is 2. The van der Waals surface area contributed by atoms with Crippen molar-refractivity contribution >= 4 is 28.8 Å². The molecule has 0 bridgehead atoms. The zero-order valence-electron chi connectivity index (χ0n) is 10.4. The number of hydrogen-bond acceptors (Lipinski definition) is 2. The van der Waals surface area contributed by atoms with E-state index < -0.39 is 11.7 Å². The van der Waals surface area contributed by atoms with E-state index >= 15 is 0 Å². The van der Waals surface area contributed by atoms with Gasteiger partial charge in [0.25, 0.3) is 0 Å². The summed E-state index contributed by atoms with van der Waals surface area (Å²) in [5.41, 5.74) is -0.876. The van der Waals surface area contributed by atoms with E-state index in [1.165, 1.54) is 18.2 Å². The second-order valence-corrected chi connectivity index (χ2v) is 4.41. The average molecular weight is 300 g/mol. The highest BCUT2D eigenvalue weighted by atomic mass is 32.1. The molecule has 4 nitrogen and oxygen atoms in total. The molecule has 2 aromatic rings. The molecule has 0 aliphatic carbocycles. The number of aryl methyl sites for hydroxylation is 1. The summed E-state index contributed by atoms with van der Waals surface area (Å²) in [5.74, 6) is 0.453. The molecule has 1 heterocycles. The maximum atomic E-state index is 12.8. The van der Waals surface area contributed by atoms with Crippen LogP contribution in [0.4, 0.5) is 24.7 Å². The number of para-hydroxylation sites is 1. The molecule has 1 aromatic carbocycles. The Balaban J connectivity index is 2.12. The van der Waals surface area contributed by atoms with Crippen LogP contribution in [0, 0.1) is 0 Å². The molecule has 0 spiro atoms. The Morgan fingerprint density at radius 3 is 2.50 bits per heavy atom. The fourth-order valence-corrected chi connectivity index (χ4v) is 1.81. The summed E-state index contributed by atoms with van der Waals surface area (Å²) in [6.45, 7) is 0. The molecule has 2 rings (SSSR count). The van der Waals surface area contributed by atoms with Crippen molar-refractivity contribution < 1.29 is 13.2 Å². The van der Waals surface area contributed by atoms with E-state index in [1.54, 1.807) is 24.0 Å². The molecule has 106 valence electrons. The lowest BCUT2D eigenvalue weighted by atomic mass is 10.2. The van der Waals surface area contributed by atoms with Crippen LogP contribution in [0.2, 0.25) is 0 Å². The zero-order valence-corrected chi connectivity index (χ0v) is 11.2. The molecule has 0 amide bonds. The first kappa shape index (κ1) is 14.3. The summed E-state index contributed by atoms with van der Waals surface area (Å²) < 4.78 is 40.0. The number of thiocarbonyl (C=S) groups is 1. The van der Waals surface area contributed by atoms with Crippen molar-refractivity contribution in [2.24, 2.45) is 7.05 Å². The molecular weight excluding hydrogens is 289 g/mol. The Bertz CT molecular complexity index is 621. The highest BCUT2D eigenvalue weighted by molar-refractivity contribution is 7.80. The van der Waals surface area contributed by atoms with Crippen LogP contribution in [-0.2, 0) is 13.2 Å². The first-order valence-corrected chi connectivity index (χ1v) is 6.01. The largest absolute Gasteiger partial charge is 0.418 e. The quantitative estimate of drug-likeness (QED) is 0.836. The predicted octanol–water partition coefficient (Wildman–Crippen LogP) is 3.25.